The van der Waals surface area contributed by atoms with Crippen LogP contribution in [-0.4, -0.2) is 51.9 Å². The summed E-state index contributed by atoms with van der Waals surface area (Å²) in [6, 6.07) is 5.89. The largest absolute Gasteiger partial charge is 0.493 e. The van der Waals surface area contributed by atoms with Gasteiger partial charge in [0.05, 0.1) is 25.1 Å². The van der Waals surface area contributed by atoms with Crippen molar-refractivity contribution in [3.8, 4) is 17.4 Å². The quantitative estimate of drug-likeness (QED) is 0.702. The van der Waals surface area contributed by atoms with Crippen molar-refractivity contribution in [3.05, 3.63) is 34.5 Å². The summed E-state index contributed by atoms with van der Waals surface area (Å²) in [6.07, 6.45) is 2.29. The molecule has 1 aromatic carbocycles. The van der Waals surface area contributed by atoms with Gasteiger partial charge < -0.3 is 14.6 Å². The summed E-state index contributed by atoms with van der Waals surface area (Å²) < 4.78 is 12.5. The number of benzene rings is 1. The molecule has 1 unspecified atom stereocenters. The van der Waals surface area contributed by atoms with Gasteiger partial charge in [-0.15, -0.1) is 5.10 Å². The third kappa shape index (κ3) is 3.31. The number of hydrogen-bond acceptors (Lipinski definition) is 7. The zero-order chi connectivity index (χ0) is 19.8. The highest BCUT2D eigenvalue weighted by molar-refractivity contribution is 7.17. The Morgan fingerprint density at radius 3 is 2.54 bits per heavy atom. The molecule has 0 saturated carbocycles. The lowest BCUT2D eigenvalue weighted by Crippen LogP contribution is -2.36. The molecule has 0 bridgehead atoms. The molecule has 2 aromatic heterocycles. The van der Waals surface area contributed by atoms with Gasteiger partial charge in [-0.05, 0) is 56.5 Å². The number of likely N-dealkylation sites (tertiary alicyclic amines) is 1. The van der Waals surface area contributed by atoms with Crippen LogP contribution < -0.4 is 9.47 Å². The van der Waals surface area contributed by atoms with Crippen LogP contribution >= 0.6 is 11.3 Å². The molecule has 3 aromatic rings. The molecule has 3 heterocycles. The van der Waals surface area contributed by atoms with Crippen molar-refractivity contribution in [2.24, 2.45) is 5.92 Å². The topological polar surface area (TPSA) is 72.1 Å². The molecule has 8 heteroatoms. The first kappa shape index (κ1) is 19.0. The number of piperidine rings is 1. The molecular formula is C20H26N4O3S. The number of ether oxygens (including phenoxy) is 2. The third-order valence-electron chi connectivity index (χ3n) is 5.46. The second kappa shape index (κ2) is 7.60. The lowest BCUT2D eigenvalue weighted by atomic mass is 9.95. The highest BCUT2D eigenvalue weighted by atomic mass is 32.1. The van der Waals surface area contributed by atoms with Crippen molar-refractivity contribution in [2.45, 2.75) is 32.7 Å². The number of hydrogen-bond donors (Lipinski definition) is 1. The first-order valence-corrected chi connectivity index (χ1v) is 10.3. The highest BCUT2D eigenvalue weighted by Crippen LogP contribution is 2.43. The van der Waals surface area contributed by atoms with Gasteiger partial charge in [0.1, 0.15) is 5.82 Å². The molecular weight excluding hydrogens is 376 g/mol. The Morgan fingerprint density at radius 1 is 1.18 bits per heavy atom. The second-order valence-corrected chi connectivity index (χ2v) is 8.39. The van der Waals surface area contributed by atoms with E-state index in [-0.39, 0.29) is 11.9 Å². The molecule has 1 fully saturated rings. The Kier molecular flexibility index (Phi) is 5.16. The van der Waals surface area contributed by atoms with Crippen LogP contribution in [0.1, 0.15) is 42.1 Å². The van der Waals surface area contributed by atoms with Gasteiger partial charge in [0.25, 0.3) is 0 Å². The molecule has 0 amide bonds. The number of aromatic nitrogens is 3. The van der Waals surface area contributed by atoms with Gasteiger partial charge >= 0.3 is 0 Å². The van der Waals surface area contributed by atoms with E-state index in [1.165, 1.54) is 15.9 Å². The van der Waals surface area contributed by atoms with E-state index in [0.717, 1.165) is 42.3 Å². The minimum absolute atomic E-state index is 0.0823. The van der Waals surface area contributed by atoms with E-state index in [0.29, 0.717) is 22.3 Å². The molecule has 1 aliphatic heterocycles. The molecule has 1 atom stereocenters. The van der Waals surface area contributed by atoms with Crippen molar-refractivity contribution in [3.63, 3.8) is 0 Å². The molecule has 150 valence electrons. The summed E-state index contributed by atoms with van der Waals surface area (Å²) in [5, 5.41) is 15.3. The lowest BCUT2D eigenvalue weighted by molar-refractivity contribution is 0.157. The Hall–Kier alpha value is -2.32. The molecule has 1 N–H and O–H groups in total. The maximum atomic E-state index is 10.9. The van der Waals surface area contributed by atoms with Crippen LogP contribution in [0.4, 0.5) is 0 Å². The SMILES string of the molecule is COc1ccc(C(c2sc3nc(C)nn3c2O)N2CCC(C)CC2)cc1OC. The number of nitrogens with zero attached hydrogens (tertiary/aromatic N) is 4. The van der Waals surface area contributed by atoms with E-state index in [9.17, 15) is 5.11 Å². The van der Waals surface area contributed by atoms with Crippen LogP contribution in [0.3, 0.4) is 0 Å². The minimum atomic E-state index is -0.0823. The molecule has 0 aliphatic carbocycles. The fourth-order valence-corrected chi connectivity index (χ4v) is 5.03. The first-order chi connectivity index (χ1) is 13.5. The van der Waals surface area contributed by atoms with Crippen LogP contribution in [0, 0.1) is 12.8 Å². The van der Waals surface area contributed by atoms with Gasteiger partial charge in [-0.3, -0.25) is 4.90 Å². The smallest absolute Gasteiger partial charge is 0.230 e. The van der Waals surface area contributed by atoms with Crippen molar-refractivity contribution in [1.29, 1.82) is 0 Å². The summed E-state index contributed by atoms with van der Waals surface area (Å²) in [6.45, 7) is 6.08. The van der Waals surface area contributed by atoms with Crippen molar-refractivity contribution in [2.75, 3.05) is 27.3 Å². The molecule has 28 heavy (non-hydrogen) atoms. The van der Waals surface area contributed by atoms with Crippen LogP contribution in [0.25, 0.3) is 4.96 Å². The number of rotatable bonds is 5. The summed E-state index contributed by atoms with van der Waals surface area (Å²) in [5.41, 5.74) is 1.06. The van der Waals surface area contributed by atoms with Gasteiger partial charge in [-0.25, -0.2) is 4.98 Å². The highest BCUT2D eigenvalue weighted by Gasteiger charge is 2.32. The van der Waals surface area contributed by atoms with Crippen LogP contribution in [-0.2, 0) is 0 Å². The molecule has 1 aliphatic rings. The third-order valence-corrected chi connectivity index (χ3v) is 6.53. The molecule has 0 spiro atoms. The van der Waals surface area contributed by atoms with E-state index in [1.54, 1.807) is 14.2 Å². The van der Waals surface area contributed by atoms with Gasteiger partial charge in [-0.2, -0.15) is 4.52 Å². The van der Waals surface area contributed by atoms with E-state index < -0.39 is 0 Å². The summed E-state index contributed by atoms with van der Waals surface area (Å²) >= 11 is 1.49. The summed E-state index contributed by atoms with van der Waals surface area (Å²) in [5.74, 6) is 2.92. The number of thiazole rings is 1. The average Bonchev–Trinajstić information content (AvgIpc) is 3.21. The maximum Gasteiger partial charge on any atom is 0.230 e. The summed E-state index contributed by atoms with van der Waals surface area (Å²) in [7, 11) is 3.28. The second-order valence-electron chi connectivity index (χ2n) is 7.38. The normalized spacial score (nSPS) is 17.1. The van der Waals surface area contributed by atoms with E-state index >= 15 is 0 Å². The zero-order valence-corrected chi connectivity index (χ0v) is 17.5. The fourth-order valence-electron chi connectivity index (χ4n) is 3.86. The number of fused-ring (bicyclic) bond motifs is 1. The van der Waals surface area contributed by atoms with Gasteiger partial charge in [0, 0.05) is 0 Å². The first-order valence-electron chi connectivity index (χ1n) is 9.52. The van der Waals surface area contributed by atoms with Gasteiger partial charge in [-0.1, -0.05) is 24.3 Å². The predicted molar refractivity (Wildman–Crippen MR) is 109 cm³/mol. The van der Waals surface area contributed by atoms with Gasteiger partial charge in [0.2, 0.25) is 10.8 Å². The number of methoxy groups -OCH3 is 2. The van der Waals surface area contributed by atoms with Crippen molar-refractivity contribution >= 4 is 16.3 Å². The molecule has 4 rings (SSSR count). The van der Waals surface area contributed by atoms with E-state index in [2.05, 4.69) is 21.9 Å². The Labute approximate surface area is 168 Å². The van der Waals surface area contributed by atoms with E-state index in [1.807, 2.05) is 25.1 Å². The Bertz CT molecular complexity index is 975. The maximum absolute atomic E-state index is 10.9. The van der Waals surface area contributed by atoms with Crippen LogP contribution in [0.15, 0.2) is 18.2 Å². The standard InChI is InChI=1S/C20H26N4O3S/c1-12-7-9-23(10-8-12)17(14-5-6-15(26-3)16(11-14)27-4)18-19(25)24-20(28-18)21-13(2)22-24/h5-6,11-12,17,25H,7-10H2,1-4H3. The van der Waals surface area contributed by atoms with Crippen LogP contribution in [0.5, 0.6) is 17.4 Å². The van der Waals surface area contributed by atoms with Crippen LogP contribution in [0.2, 0.25) is 0 Å². The monoisotopic (exact) mass is 402 g/mol. The minimum Gasteiger partial charge on any atom is -0.493 e. The van der Waals surface area contributed by atoms with Crippen molar-refractivity contribution in [1.82, 2.24) is 19.5 Å². The zero-order valence-electron chi connectivity index (χ0n) is 16.7. The molecule has 1 saturated heterocycles. The van der Waals surface area contributed by atoms with Gasteiger partial charge in [0.15, 0.2) is 11.5 Å². The average molecular weight is 403 g/mol. The molecule has 0 radical (unpaired) electrons. The number of aryl methyl sites for hydroxylation is 1. The van der Waals surface area contributed by atoms with Crippen molar-refractivity contribution < 1.29 is 14.6 Å². The predicted octanol–water partition coefficient (Wildman–Crippen LogP) is 3.64. The Morgan fingerprint density at radius 2 is 1.89 bits per heavy atom. The Balaban J connectivity index is 1.81. The lowest BCUT2D eigenvalue weighted by Gasteiger charge is -2.36. The fraction of sp³-hybridized carbons (Fsp3) is 0.500. The van der Waals surface area contributed by atoms with E-state index in [4.69, 9.17) is 9.47 Å². The summed E-state index contributed by atoms with van der Waals surface area (Å²) in [4.78, 5) is 8.43. The molecule has 7 nitrogen and oxygen atoms in total. The number of aromatic hydroxyl groups is 1.